The number of carbonyl (C=O) groups excluding carboxylic acids is 1. The summed E-state index contributed by atoms with van der Waals surface area (Å²) >= 11 is 0. The number of hydrogen-bond donors (Lipinski definition) is 0. The lowest BCUT2D eigenvalue weighted by molar-refractivity contribution is -0.140. The Morgan fingerprint density at radius 1 is 1.05 bits per heavy atom. The van der Waals surface area contributed by atoms with Gasteiger partial charge in [0.2, 0.25) is 0 Å². The first-order valence-corrected chi connectivity index (χ1v) is 8.43. The summed E-state index contributed by atoms with van der Waals surface area (Å²) in [6.07, 6.45) is 7.24. The summed E-state index contributed by atoms with van der Waals surface area (Å²) in [5.41, 5.74) is 1.32. The van der Waals surface area contributed by atoms with Crippen molar-refractivity contribution in [1.82, 2.24) is 0 Å². The molecule has 1 aromatic rings. The summed E-state index contributed by atoms with van der Waals surface area (Å²) < 4.78 is 10.4. The van der Waals surface area contributed by atoms with Crippen LogP contribution in [-0.2, 0) is 9.53 Å². The molecule has 0 heterocycles. The van der Waals surface area contributed by atoms with Gasteiger partial charge in [0.1, 0.15) is 5.75 Å². The highest BCUT2D eigenvalue weighted by Gasteiger charge is 2.01. The van der Waals surface area contributed by atoms with Gasteiger partial charge in [0.05, 0.1) is 13.7 Å². The Bertz CT molecular complexity index is 426. The van der Waals surface area contributed by atoms with Gasteiger partial charge in [-0.3, -0.25) is 4.79 Å². The first-order chi connectivity index (χ1) is 10.6. The number of carbonyl (C=O) groups is 1. The third kappa shape index (κ3) is 8.06. The molecule has 3 heteroatoms. The van der Waals surface area contributed by atoms with E-state index in [-0.39, 0.29) is 5.97 Å². The minimum atomic E-state index is -0.1000. The smallest absolute Gasteiger partial charge is 0.305 e. The predicted molar refractivity (Wildman–Crippen MR) is 90.4 cm³/mol. The van der Waals surface area contributed by atoms with Crippen LogP contribution in [0, 0.1) is 0 Å². The standard InChI is InChI=1S/C19H30O3/c1-16(2)17-11-10-12-18(15-17)22-14-9-7-5-4-6-8-13-19(20)21-3/h10-12,15-16H,4-9,13-14H2,1-3H3. The molecule has 0 saturated heterocycles. The second-order valence-corrected chi connectivity index (χ2v) is 6.02. The van der Waals surface area contributed by atoms with E-state index in [9.17, 15) is 4.79 Å². The van der Waals surface area contributed by atoms with E-state index >= 15 is 0 Å². The summed E-state index contributed by atoms with van der Waals surface area (Å²) in [4.78, 5) is 10.9. The minimum absolute atomic E-state index is 0.1000. The number of rotatable bonds is 11. The molecule has 0 bridgehead atoms. The molecule has 0 N–H and O–H groups in total. The maximum absolute atomic E-state index is 10.9. The fourth-order valence-electron chi connectivity index (χ4n) is 2.33. The average molecular weight is 306 g/mol. The van der Waals surface area contributed by atoms with Crippen LogP contribution in [-0.4, -0.2) is 19.7 Å². The molecule has 0 saturated carbocycles. The SMILES string of the molecule is COC(=O)CCCCCCCCOc1cccc(C(C)C)c1. The van der Waals surface area contributed by atoms with Crippen molar-refractivity contribution in [2.75, 3.05) is 13.7 Å². The maximum Gasteiger partial charge on any atom is 0.305 e. The third-order valence-electron chi connectivity index (χ3n) is 3.80. The average Bonchev–Trinajstić information content (AvgIpc) is 2.53. The van der Waals surface area contributed by atoms with Gasteiger partial charge in [-0.25, -0.2) is 0 Å². The molecule has 1 rings (SSSR count). The van der Waals surface area contributed by atoms with E-state index in [0.29, 0.717) is 12.3 Å². The Balaban J connectivity index is 2.02. The highest BCUT2D eigenvalue weighted by Crippen LogP contribution is 2.20. The first kappa shape index (κ1) is 18.5. The Kier molecular flexibility index (Phi) is 9.36. The van der Waals surface area contributed by atoms with E-state index in [4.69, 9.17) is 4.74 Å². The van der Waals surface area contributed by atoms with Gasteiger partial charge >= 0.3 is 5.97 Å². The predicted octanol–water partition coefficient (Wildman–Crippen LogP) is 5.09. The van der Waals surface area contributed by atoms with Crippen LogP contribution in [0.5, 0.6) is 5.75 Å². The number of ether oxygens (including phenoxy) is 2. The van der Waals surface area contributed by atoms with Gasteiger partial charge in [-0.1, -0.05) is 51.7 Å². The molecule has 0 spiro atoms. The summed E-state index contributed by atoms with van der Waals surface area (Å²) in [5, 5.41) is 0. The zero-order valence-corrected chi connectivity index (χ0v) is 14.3. The van der Waals surface area contributed by atoms with Gasteiger partial charge in [-0.2, -0.15) is 0 Å². The Labute approximate surface area is 135 Å². The van der Waals surface area contributed by atoms with E-state index in [0.717, 1.165) is 31.6 Å². The van der Waals surface area contributed by atoms with Crippen LogP contribution in [0.25, 0.3) is 0 Å². The van der Waals surface area contributed by atoms with E-state index < -0.39 is 0 Å². The van der Waals surface area contributed by atoms with Gasteiger partial charge in [0.25, 0.3) is 0 Å². The van der Waals surface area contributed by atoms with Crippen molar-refractivity contribution in [3.05, 3.63) is 29.8 Å². The van der Waals surface area contributed by atoms with Crippen LogP contribution in [0.15, 0.2) is 24.3 Å². The van der Waals surface area contributed by atoms with Crippen LogP contribution in [0.4, 0.5) is 0 Å². The fourth-order valence-corrected chi connectivity index (χ4v) is 2.33. The van der Waals surface area contributed by atoms with E-state index in [1.165, 1.54) is 31.9 Å². The summed E-state index contributed by atoms with van der Waals surface area (Å²) in [5.74, 6) is 1.41. The van der Waals surface area contributed by atoms with Crippen molar-refractivity contribution in [3.8, 4) is 5.75 Å². The summed E-state index contributed by atoms with van der Waals surface area (Å²) in [6.45, 7) is 5.17. The molecule has 0 aliphatic rings. The van der Waals surface area contributed by atoms with E-state index in [2.05, 4.69) is 36.8 Å². The van der Waals surface area contributed by atoms with Gasteiger partial charge in [-0.05, 0) is 36.5 Å². The molecule has 0 unspecified atom stereocenters. The molecule has 0 fully saturated rings. The van der Waals surface area contributed by atoms with Crippen molar-refractivity contribution in [2.24, 2.45) is 0 Å². The monoisotopic (exact) mass is 306 g/mol. The van der Waals surface area contributed by atoms with Crippen molar-refractivity contribution < 1.29 is 14.3 Å². The molecule has 0 aliphatic carbocycles. The zero-order valence-electron chi connectivity index (χ0n) is 14.3. The number of unbranched alkanes of at least 4 members (excludes halogenated alkanes) is 5. The van der Waals surface area contributed by atoms with Crippen molar-refractivity contribution in [2.45, 2.75) is 64.7 Å². The van der Waals surface area contributed by atoms with E-state index in [1.54, 1.807) is 0 Å². The van der Waals surface area contributed by atoms with Crippen molar-refractivity contribution >= 4 is 5.97 Å². The van der Waals surface area contributed by atoms with Gasteiger partial charge in [0, 0.05) is 6.42 Å². The molecule has 0 aliphatic heterocycles. The molecule has 0 atom stereocenters. The van der Waals surface area contributed by atoms with Gasteiger partial charge in [0.15, 0.2) is 0 Å². The highest BCUT2D eigenvalue weighted by atomic mass is 16.5. The Hall–Kier alpha value is -1.51. The number of methoxy groups -OCH3 is 1. The van der Waals surface area contributed by atoms with Gasteiger partial charge in [-0.15, -0.1) is 0 Å². The van der Waals surface area contributed by atoms with E-state index in [1.807, 2.05) is 6.07 Å². The molecule has 0 radical (unpaired) electrons. The summed E-state index contributed by atoms with van der Waals surface area (Å²) in [6, 6.07) is 8.37. The van der Waals surface area contributed by atoms with Crippen LogP contribution in [0.1, 0.15) is 70.3 Å². The first-order valence-electron chi connectivity index (χ1n) is 8.43. The maximum atomic E-state index is 10.9. The molecule has 1 aromatic carbocycles. The lowest BCUT2D eigenvalue weighted by atomic mass is 10.0. The lowest BCUT2D eigenvalue weighted by Gasteiger charge is -2.10. The molecule has 22 heavy (non-hydrogen) atoms. The number of benzene rings is 1. The molecule has 124 valence electrons. The second-order valence-electron chi connectivity index (χ2n) is 6.02. The van der Waals surface area contributed by atoms with Crippen molar-refractivity contribution in [1.29, 1.82) is 0 Å². The topological polar surface area (TPSA) is 35.5 Å². The van der Waals surface area contributed by atoms with Crippen LogP contribution in [0.2, 0.25) is 0 Å². The molecule has 0 amide bonds. The van der Waals surface area contributed by atoms with Gasteiger partial charge < -0.3 is 9.47 Å². The highest BCUT2D eigenvalue weighted by molar-refractivity contribution is 5.68. The zero-order chi connectivity index (χ0) is 16.2. The third-order valence-corrected chi connectivity index (χ3v) is 3.80. The summed E-state index contributed by atoms with van der Waals surface area (Å²) in [7, 11) is 1.44. The fraction of sp³-hybridized carbons (Fsp3) is 0.632. The normalized spacial score (nSPS) is 10.7. The molecular formula is C19H30O3. The van der Waals surface area contributed by atoms with Crippen LogP contribution >= 0.6 is 0 Å². The molecular weight excluding hydrogens is 276 g/mol. The molecule has 0 aromatic heterocycles. The quantitative estimate of drug-likeness (QED) is 0.422. The number of hydrogen-bond acceptors (Lipinski definition) is 3. The van der Waals surface area contributed by atoms with Crippen molar-refractivity contribution in [3.63, 3.8) is 0 Å². The van der Waals surface area contributed by atoms with Crippen LogP contribution in [0.3, 0.4) is 0 Å². The van der Waals surface area contributed by atoms with Crippen LogP contribution < -0.4 is 4.74 Å². The second kappa shape index (κ2) is 11.1. The Morgan fingerprint density at radius 3 is 2.41 bits per heavy atom. The Morgan fingerprint density at radius 2 is 1.73 bits per heavy atom. The largest absolute Gasteiger partial charge is 0.494 e. The molecule has 3 nitrogen and oxygen atoms in total. The number of esters is 1. The lowest BCUT2D eigenvalue weighted by Crippen LogP contribution is -1.99. The minimum Gasteiger partial charge on any atom is -0.494 e.